The van der Waals surface area contributed by atoms with Crippen molar-refractivity contribution in [3.05, 3.63) is 66.2 Å². The van der Waals surface area contributed by atoms with Gasteiger partial charge in [0.1, 0.15) is 29.4 Å². The molecule has 0 spiro atoms. The van der Waals surface area contributed by atoms with Crippen molar-refractivity contribution in [2.45, 2.75) is 65.1 Å². The normalized spacial score (nSPS) is 12.5. The van der Waals surface area contributed by atoms with Crippen molar-refractivity contribution in [3.63, 3.8) is 0 Å². The number of aliphatic hydroxyl groups excluding tert-OH is 1. The number of ketones is 1. The van der Waals surface area contributed by atoms with Crippen molar-refractivity contribution in [2.24, 2.45) is 0 Å². The summed E-state index contributed by atoms with van der Waals surface area (Å²) in [6.45, 7) is 9.26. The molecule has 10 heteroatoms. The molecule has 3 rings (SSSR count). The number of hydrogen-bond acceptors (Lipinski definition) is 6. The lowest BCUT2D eigenvalue weighted by molar-refractivity contribution is -0.140. The molecule has 1 atom stereocenters. The van der Waals surface area contributed by atoms with Gasteiger partial charge in [0.05, 0.1) is 17.5 Å². The van der Waals surface area contributed by atoms with Gasteiger partial charge in [-0.05, 0) is 63.2 Å². The molecular weight excluding hydrogens is 529 g/mol. The van der Waals surface area contributed by atoms with Gasteiger partial charge in [-0.15, -0.1) is 0 Å². The van der Waals surface area contributed by atoms with E-state index in [1.165, 1.54) is 23.1 Å². The number of carbonyl (C=O) groups is 3. The average Bonchev–Trinajstić information content (AvgIpc) is 3.26. The van der Waals surface area contributed by atoms with Gasteiger partial charge in [-0.3, -0.25) is 14.5 Å². The van der Waals surface area contributed by atoms with E-state index in [2.05, 4.69) is 0 Å². The molecule has 218 valence electrons. The maximum Gasteiger partial charge on any atom is 0.414 e. The SMILES string of the molecule is CC(C)c1nc(-c2cccc(N(C)C(=O)OC(C)(C)C)c2)c(-c2ccc(F)cc2)n1/C=C/C(O)CC(=O)CC(=O)O. The van der Waals surface area contributed by atoms with Crippen molar-refractivity contribution >= 4 is 29.7 Å². The van der Waals surface area contributed by atoms with Gasteiger partial charge < -0.3 is 19.5 Å². The zero-order chi connectivity index (χ0) is 30.5. The highest BCUT2D eigenvalue weighted by atomic mass is 19.1. The summed E-state index contributed by atoms with van der Waals surface area (Å²) < 4.78 is 21.1. The number of halogens is 1. The van der Waals surface area contributed by atoms with Crippen LogP contribution in [0.4, 0.5) is 14.9 Å². The number of rotatable bonds is 10. The number of carboxylic acid groups (broad SMARTS) is 1. The molecule has 3 aromatic rings. The van der Waals surface area contributed by atoms with Crippen LogP contribution in [-0.2, 0) is 14.3 Å². The number of ether oxygens (including phenoxy) is 1. The van der Waals surface area contributed by atoms with Gasteiger partial charge in [-0.2, -0.15) is 0 Å². The highest BCUT2D eigenvalue weighted by Gasteiger charge is 2.24. The molecule has 9 nitrogen and oxygen atoms in total. The first-order valence-electron chi connectivity index (χ1n) is 13.2. The molecule has 2 aromatic carbocycles. The predicted molar refractivity (Wildman–Crippen MR) is 155 cm³/mol. The predicted octanol–water partition coefficient (Wildman–Crippen LogP) is 6.12. The molecule has 1 aromatic heterocycles. The van der Waals surface area contributed by atoms with Crippen LogP contribution in [0.15, 0.2) is 54.6 Å². The van der Waals surface area contributed by atoms with E-state index in [1.54, 1.807) is 68.9 Å². The lowest BCUT2D eigenvalue weighted by Gasteiger charge is -2.25. The van der Waals surface area contributed by atoms with Crippen LogP contribution in [-0.4, -0.2) is 56.4 Å². The number of aliphatic hydroxyl groups is 1. The van der Waals surface area contributed by atoms with Gasteiger partial charge in [0, 0.05) is 42.4 Å². The van der Waals surface area contributed by atoms with Crippen LogP contribution in [0, 0.1) is 5.82 Å². The van der Waals surface area contributed by atoms with Gasteiger partial charge in [0.2, 0.25) is 0 Å². The number of aliphatic carboxylic acids is 1. The quantitative estimate of drug-likeness (QED) is 0.284. The van der Waals surface area contributed by atoms with E-state index < -0.39 is 41.8 Å². The minimum absolute atomic E-state index is 0.0778. The second-order valence-corrected chi connectivity index (χ2v) is 11.0. The molecular formula is C31H36FN3O6. The maximum atomic E-state index is 13.9. The van der Waals surface area contributed by atoms with E-state index in [0.29, 0.717) is 34.0 Å². The van der Waals surface area contributed by atoms with Crippen LogP contribution in [0.1, 0.15) is 59.2 Å². The van der Waals surface area contributed by atoms with Crippen LogP contribution >= 0.6 is 0 Å². The summed E-state index contributed by atoms with van der Waals surface area (Å²) in [7, 11) is 1.61. The molecule has 0 aliphatic rings. The largest absolute Gasteiger partial charge is 0.481 e. The van der Waals surface area contributed by atoms with E-state index in [4.69, 9.17) is 14.8 Å². The number of carboxylic acids is 1. The summed E-state index contributed by atoms with van der Waals surface area (Å²) >= 11 is 0. The Bertz CT molecular complexity index is 1440. The maximum absolute atomic E-state index is 13.9. The number of Topliss-reactive ketones (excluding diaryl/α,β-unsaturated/α-hetero) is 1. The fourth-order valence-electron chi connectivity index (χ4n) is 4.12. The van der Waals surface area contributed by atoms with E-state index in [0.717, 1.165) is 0 Å². The first-order valence-corrected chi connectivity index (χ1v) is 13.2. The zero-order valence-corrected chi connectivity index (χ0v) is 24.1. The van der Waals surface area contributed by atoms with Crippen LogP contribution in [0.25, 0.3) is 28.7 Å². The number of imidazole rings is 1. The summed E-state index contributed by atoms with van der Waals surface area (Å²) in [5.41, 5.74) is 2.40. The second kappa shape index (κ2) is 12.9. The molecule has 0 radical (unpaired) electrons. The highest BCUT2D eigenvalue weighted by Crippen LogP contribution is 2.37. The molecule has 0 fully saturated rings. The van der Waals surface area contributed by atoms with Crippen LogP contribution in [0.5, 0.6) is 0 Å². The second-order valence-electron chi connectivity index (χ2n) is 11.0. The van der Waals surface area contributed by atoms with Crippen LogP contribution in [0.2, 0.25) is 0 Å². The Labute approximate surface area is 238 Å². The molecule has 0 saturated carbocycles. The number of benzene rings is 2. The van der Waals surface area contributed by atoms with Crippen molar-refractivity contribution in [1.82, 2.24) is 9.55 Å². The van der Waals surface area contributed by atoms with E-state index in [1.807, 2.05) is 19.9 Å². The fourth-order valence-corrected chi connectivity index (χ4v) is 4.12. The summed E-state index contributed by atoms with van der Waals surface area (Å²) in [6.07, 6.45) is 0.214. The molecule has 1 amide bonds. The van der Waals surface area contributed by atoms with Crippen molar-refractivity contribution in [2.75, 3.05) is 11.9 Å². The smallest absolute Gasteiger partial charge is 0.414 e. The summed E-state index contributed by atoms with van der Waals surface area (Å²) in [5.74, 6) is -1.72. The van der Waals surface area contributed by atoms with Gasteiger partial charge in [-0.1, -0.05) is 26.0 Å². The van der Waals surface area contributed by atoms with Crippen molar-refractivity contribution in [1.29, 1.82) is 0 Å². The monoisotopic (exact) mass is 565 g/mol. The highest BCUT2D eigenvalue weighted by molar-refractivity contribution is 5.95. The third-order valence-corrected chi connectivity index (χ3v) is 5.99. The van der Waals surface area contributed by atoms with Gasteiger partial charge in [0.15, 0.2) is 0 Å². The number of anilines is 1. The Balaban J connectivity index is 2.13. The van der Waals surface area contributed by atoms with E-state index >= 15 is 0 Å². The number of amides is 1. The number of hydrogen-bond donors (Lipinski definition) is 2. The topological polar surface area (TPSA) is 122 Å². The first-order chi connectivity index (χ1) is 19.2. The first kappa shape index (κ1) is 31.2. The minimum Gasteiger partial charge on any atom is -0.481 e. The lowest BCUT2D eigenvalue weighted by atomic mass is 10.0. The molecule has 1 heterocycles. The Hall–Kier alpha value is -4.31. The van der Waals surface area contributed by atoms with E-state index in [9.17, 15) is 23.9 Å². The minimum atomic E-state index is -1.26. The van der Waals surface area contributed by atoms with Gasteiger partial charge in [0.25, 0.3) is 0 Å². The van der Waals surface area contributed by atoms with Crippen molar-refractivity contribution < 1.29 is 33.7 Å². The Morgan fingerprint density at radius 1 is 1.10 bits per heavy atom. The summed E-state index contributed by atoms with van der Waals surface area (Å²) in [5, 5.41) is 19.3. The summed E-state index contributed by atoms with van der Waals surface area (Å²) in [4.78, 5) is 41.8. The third kappa shape index (κ3) is 8.34. The Morgan fingerprint density at radius 2 is 1.76 bits per heavy atom. The molecule has 2 N–H and O–H groups in total. The van der Waals surface area contributed by atoms with Crippen molar-refractivity contribution in [3.8, 4) is 22.5 Å². The van der Waals surface area contributed by atoms with Gasteiger partial charge >= 0.3 is 12.1 Å². The fraction of sp³-hybridized carbons (Fsp3) is 0.355. The number of nitrogens with zero attached hydrogens (tertiary/aromatic N) is 3. The van der Waals surface area contributed by atoms with Crippen LogP contribution < -0.4 is 4.90 Å². The number of aromatic nitrogens is 2. The van der Waals surface area contributed by atoms with Gasteiger partial charge in [-0.25, -0.2) is 14.2 Å². The molecule has 1 unspecified atom stereocenters. The van der Waals surface area contributed by atoms with E-state index in [-0.39, 0.29) is 12.3 Å². The molecule has 0 aliphatic carbocycles. The summed E-state index contributed by atoms with van der Waals surface area (Å²) in [6, 6.07) is 13.1. The number of carbonyl (C=O) groups excluding carboxylic acids is 2. The zero-order valence-electron chi connectivity index (χ0n) is 24.1. The Morgan fingerprint density at radius 3 is 2.34 bits per heavy atom. The lowest BCUT2D eigenvalue weighted by Crippen LogP contribution is -2.34. The van der Waals surface area contributed by atoms with Crippen LogP contribution in [0.3, 0.4) is 0 Å². The molecule has 0 aliphatic heterocycles. The molecule has 41 heavy (non-hydrogen) atoms. The average molecular weight is 566 g/mol. The third-order valence-electron chi connectivity index (χ3n) is 5.99. The Kier molecular flexibility index (Phi) is 9.83. The molecule has 0 bridgehead atoms. The molecule has 0 saturated heterocycles. The standard InChI is InChI=1S/C31H36FN3O6/c1-19(2)29-33-27(21-8-7-9-23(16-21)34(6)30(40)41-31(3,4)5)28(20-10-12-22(32)13-11-20)35(29)15-14-24(36)17-25(37)18-26(38)39/h7-16,19,24,36H,17-18H2,1-6H3,(H,38,39)/b15-14+.